The maximum absolute atomic E-state index is 8.64. The van der Waals surface area contributed by atoms with Crippen LogP contribution in [0, 0.1) is 11.3 Å². The average Bonchev–Trinajstić information content (AvgIpc) is 2.23. The third-order valence-corrected chi connectivity index (χ3v) is 2.29. The van der Waals surface area contributed by atoms with Crippen LogP contribution >= 0.6 is 0 Å². The van der Waals surface area contributed by atoms with Gasteiger partial charge in [-0.1, -0.05) is 18.2 Å². The van der Waals surface area contributed by atoms with Gasteiger partial charge in [-0.3, -0.25) is 0 Å². The first-order valence-corrected chi connectivity index (χ1v) is 4.43. The lowest BCUT2D eigenvalue weighted by molar-refractivity contribution is 1.18. The zero-order chi connectivity index (χ0) is 9.97. The highest BCUT2D eigenvalue weighted by Gasteiger charge is 2.11. The van der Waals surface area contributed by atoms with Crippen molar-refractivity contribution in [1.82, 2.24) is 0 Å². The van der Waals surface area contributed by atoms with Crippen molar-refractivity contribution in [2.75, 3.05) is 11.9 Å². The summed E-state index contributed by atoms with van der Waals surface area (Å²) in [6.07, 6.45) is 5.49. The fourth-order valence-corrected chi connectivity index (χ4v) is 1.58. The molecule has 0 bridgehead atoms. The fourth-order valence-electron chi connectivity index (χ4n) is 1.58. The second-order valence-electron chi connectivity index (χ2n) is 3.17. The Morgan fingerprint density at radius 1 is 1.36 bits per heavy atom. The monoisotopic (exact) mass is 182 g/mol. The maximum Gasteiger partial charge on any atom is 0.0918 e. The Labute approximate surface area is 83.4 Å². The summed E-state index contributed by atoms with van der Waals surface area (Å²) in [6.45, 7) is 0. The highest BCUT2D eigenvalue weighted by Crippen LogP contribution is 2.31. The van der Waals surface area contributed by atoms with Crippen LogP contribution in [-0.4, -0.2) is 7.05 Å². The Morgan fingerprint density at radius 2 is 2.14 bits per heavy atom. The van der Waals surface area contributed by atoms with Crippen molar-refractivity contribution < 1.29 is 0 Å². The first-order valence-electron chi connectivity index (χ1n) is 4.43. The number of hydrogen-bond acceptors (Lipinski definition) is 2. The van der Waals surface area contributed by atoms with E-state index in [2.05, 4.69) is 6.07 Å². The lowest BCUT2D eigenvalue weighted by atomic mass is 10.0. The molecule has 2 rings (SSSR count). The van der Waals surface area contributed by atoms with Crippen molar-refractivity contribution >= 4 is 11.3 Å². The molecule has 2 nitrogen and oxygen atoms in total. The van der Waals surface area contributed by atoms with Crippen molar-refractivity contribution in [1.29, 1.82) is 5.26 Å². The minimum absolute atomic E-state index is 0.973. The average molecular weight is 182 g/mol. The fraction of sp³-hybridized carbons (Fsp3) is 0.0833. The lowest BCUT2D eigenvalue weighted by Crippen LogP contribution is -2.13. The Kier molecular flexibility index (Phi) is 2.08. The first-order chi connectivity index (χ1) is 6.83. The van der Waals surface area contributed by atoms with E-state index in [1.165, 1.54) is 0 Å². The third-order valence-electron chi connectivity index (χ3n) is 2.29. The van der Waals surface area contributed by atoms with Gasteiger partial charge in [0, 0.05) is 30.6 Å². The number of hydrogen-bond donors (Lipinski definition) is 0. The molecule has 0 spiro atoms. The van der Waals surface area contributed by atoms with Crippen molar-refractivity contribution in [3.8, 4) is 6.07 Å². The quantitative estimate of drug-likeness (QED) is 0.576. The number of benzene rings is 1. The summed E-state index contributed by atoms with van der Waals surface area (Å²) >= 11 is 0. The van der Waals surface area contributed by atoms with Crippen LogP contribution in [0.25, 0.3) is 5.57 Å². The summed E-state index contributed by atoms with van der Waals surface area (Å²) in [4.78, 5) is 2.05. The molecule has 0 aliphatic carbocycles. The highest BCUT2D eigenvalue weighted by molar-refractivity contribution is 5.86. The molecule has 0 saturated carbocycles. The molecule has 0 fully saturated rings. The van der Waals surface area contributed by atoms with E-state index in [0.717, 1.165) is 16.8 Å². The van der Waals surface area contributed by atoms with Crippen molar-refractivity contribution in [2.45, 2.75) is 0 Å². The van der Waals surface area contributed by atoms with E-state index in [4.69, 9.17) is 5.26 Å². The molecule has 1 aromatic carbocycles. The first kappa shape index (κ1) is 8.58. The van der Waals surface area contributed by atoms with E-state index < -0.39 is 0 Å². The molecule has 68 valence electrons. The van der Waals surface area contributed by atoms with Gasteiger partial charge in [0.15, 0.2) is 0 Å². The number of para-hydroxylation sites is 1. The van der Waals surface area contributed by atoms with Gasteiger partial charge < -0.3 is 4.90 Å². The standard InChI is InChI=1S/C12H10N2/c1-14-9-7-10(6-8-13)11-4-2-3-5-12(11)14/h2-7,9H,1H3/b10-6+. The van der Waals surface area contributed by atoms with Crippen molar-refractivity contribution in [3.63, 3.8) is 0 Å². The Bertz CT molecular complexity index is 450. The summed E-state index contributed by atoms with van der Waals surface area (Å²) in [5.41, 5.74) is 3.22. The normalized spacial score (nSPS) is 16.6. The van der Waals surface area contributed by atoms with Crippen LogP contribution in [0.3, 0.4) is 0 Å². The number of rotatable bonds is 0. The molecule has 1 aromatic rings. The minimum atomic E-state index is 0.973. The zero-order valence-electron chi connectivity index (χ0n) is 7.94. The number of allylic oxidation sites excluding steroid dienone is 3. The molecule has 1 heterocycles. The van der Waals surface area contributed by atoms with Crippen molar-refractivity contribution in [3.05, 3.63) is 48.2 Å². The Hall–Kier alpha value is -2.01. The molecule has 0 unspecified atom stereocenters. The van der Waals surface area contributed by atoms with Crippen LogP contribution in [0.1, 0.15) is 5.56 Å². The van der Waals surface area contributed by atoms with Crippen LogP contribution in [-0.2, 0) is 0 Å². The van der Waals surface area contributed by atoms with Gasteiger partial charge in [0.2, 0.25) is 0 Å². The number of nitriles is 1. The lowest BCUT2D eigenvalue weighted by Gasteiger charge is -2.23. The minimum Gasteiger partial charge on any atom is -0.351 e. The summed E-state index contributed by atoms with van der Waals surface area (Å²) < 4.78 is 0. The van der Waals surface area contributed by atoms with Gasteiger partial charge in [-0.15, -0.1) is 0 Å². The summed E-state index contributed by atoms with van der Waals surface area (Å²) in [7, 11) is 2.00. The summed E-state index contributed by atoms with van der Waals surface area (Å²) in [6, 6.07) is 10.1. The highest BCUT2D eigenvalue weighted by atomic mass is 15.1. The summed E-state index contributed by atoms with van der Waals surface area (Å²) in [5, 5.41) is 8.64. The second-order valence-corrected chi connectivity index (χ2v) is 3.17. The van der Waals surface area contributed by atoms with Crippen molar-refractivity contribution in [2.24, 2.45) is 0 Å². The van der Waals surface area contributed by atoms with Crippen LogP contribution < -0.4 is 4.90 Å². The third kappa shape index (κ3) is 1.29. The van der Waals surface area contributed by atoms with Crippen LogP contribution in [0.15, 0.2) is 42.6 Å². The van der Waals surface area contributed by atoms with E-state index in [0.29, 0.717) is 0 Å². The number of fused-ring (bicyclic) bond motifs is 1. The molecule has 1 aliphatic heterocycles. The van der Waals surface area contributed by atoms with Gasteiger partial charge in [0.1, 0.15) is 0 Å². The Balaban J connectivity index is 2.60. The number of nitrogens with zero attached hydrogens (tertiary/aromatic N) is 2. The number of anilines is 1. The SMILES string of the molecule is CN1C=C/C(=C\C#N)c2ccccc21. The topological polar surface area (TPSA) is 27.0 Å². The molecular weight excluding hydrogens is 172 g/mol. The molecule has 14 heavy (non-hydrogen) atoms. The predicted molar refractivity (Wildman–Crippen MR) is 57.6 cm³/mol. The molecule has 1 aliphatic rings. The maximum atomic E-state index is 8.64. The zero-order valence-corrected chi connectivity index (χ0v) is 7.94. The second kappa shape index (κ2) is 3.39. The van der Waals surface area contributed by atoms with Crippen LogP contribution in [0.2, 0.25) is 0 Å². The van der Waals surface area contributed by atoms with E-state index in [-0.39, 0.29) is 0 Å². The van der Waals surface area contributed by atoms with E-state index >= 15 is 0 Å². The molecule has 0 saturated heterocycles. The molecule has 0 radical (unpaired) electrons. The van der Waals surface area contributed by atoms with E-state index in [1.54, 1.807) is 6.08 Å². The van der Waals surface area contributed by atoms with E-state index in [1.807, 2.05) is 48.5 Å². The molecule has 2 heteroatoms. The molecule has 0 atom stereocenters. The molecular formula is C12H10N2. The van der Waals surface area contributed by atoms with Gasteiger partial charge in [-0.2, -0.15) is 5.26 Å². The summed E-state index contributed by atoms with van der Waals surface area (Å²) in [5.74, 6) is 0. The van der Waals surface area contributed by atoms with Gasteiger partial charge in [0.25, 0.3) is 0 Å². The molecule has 0 N–H and O–H groups in total. The van der Waals surface area contributed by atoms with Gasteiger partial charge in [0.05, 0.1) is 6.07 Å². The van der Waals surface area contributed by atoms with Gasteiger partial charge >= 0.3 is 0 Å². The largest absolute Gasteiger partial charge is 0.351 e. The van der Waals surface area contributed by atoms with Gasteiger partial charge in [-0.25, -0.2) is 0 Å². The molecule has 0 amide bonds. The van der Waals surface area contributed by atoms with Crippen LogP contribution in [0.5, 0.6) is 0 Å². The van der Waals surface area contributed by atoms with E-state index in [9.17, 15) is 0 Å². The smallest absolute Gasteiger partial charge is 0.0918 e. The Morgan fingerprint density at radius 3 is 2.93 bits per heavy atom. The van der Waals surface area contributed by atoms with Crippen LogP contribution in [0.4, 0.5) is 5.69 Å². The molecule has 0 aromatic heterocycles. The van der Waals surface area contributed by atoms with Gasteiger partial charge in [-0.05, 0) is 17.7 Å². The predicted octanol–water partition coefficient (Wildman–Crippen LogP) is 2.56.